The van der Waals surface area contributed by atoms with E-state index in [9.17, 15) is 0 Å². The average Bonchev–Trinajstić information content (AvgIpc) is 2.38. The van der Waals surface area contributed by atoms with Gasteiger partial charge in [-0.1, -0.05) is 6.07 Å². The third-order valence-corrected chi connectivity index (χ3v) is 2.78. The van der Waals surface area contributed by atoms with Crippen LogP contribution in [-0.2, 0) is 0 Å². The van der Waals surface area contributed by atoms with Gasteiger partial charge in [0.1, 0.15) is 0 Å². The SMILES string of the molecule is CNCCCC(N)c1ccc(OC)c(OC)c1. The standard InChI is InChI=1S/C13H22N2O2/c1-15-8-4-5-11(14)10-6-7-12(16-2)13(9-10)17-3/h6-7,9,11,15H,4-5,8,14H2,1-3H3. The third-order valence-electron chi connectivity index (χ3n) is 2.78. The first-order valence-electron chi connectivity index (χ1n) is 5.85. The molecule has 1 aromatic rings. The molecule has 0 aliphatic heterocycles. The Kier molecular flexibility index (Phi) is 5.80. The summed E-state index contributed by atoms with van der Waals surface area (Å²) in [5, 5.41) is 3.12. The van der Waals surface area contributed by atoms with Gasteiger partial charge in [0.2, 0.25) is 0 Å². The summed E-state index contributed by atoms with van der Waals surface area (Å²) in [6.07, 6.45) is 2.02. The summed E-state index contributed by atoms with van der Waals surface area (Å²) in [7, 11) is 5.21. The number of nitrogens with one attached hydrogen (secondary N) is 1. The summed E-state index contributed by atoms with van der Waals surface area (Å²) in [4.78, 5) is 0. The Bertz CT molecular complexity index is 342. The fourth-order valence-electron chi connectivity index (χ4n) is 1.75. The van der Waals surface area contributed by atoms with E-state index in [1.165, 1.54) is 0 Å². The topological polar surface area (TPSA) is 56.5 Å². The fraction of sp³-hybridized carbons (Fsp3) is 0.538. The molecule has 1 unspecified atom stereocenters. The molecule has 4 nitrogen and oxygen atoms in total. The van der Waals surface area contributed by atoms with Crippen LogP contribution >= 0.6 is 0 Å². The van der Waals surface area contributed by atoms with Crippen LogP contribution in [-0.4, -0.2) is 27.8 Å². The maximum atomic E-state index is 6.13. The van der Waals surface area contributed by atoms with E-state index >= 15 is 0 Å². The lowest BCUT2D eigenvalue weighted by Crippen LogP contribution is -2.14. The smallest absolute Gasteiger partial charge is 0.161 e. The Hall–Kier alpha value is -1.26. The lowest BCUT2D eigenvalue weighted by molar-refractivity contribution is 0.354. The molecule has 0 radical (unpaired) electrons. The van der Waals surface area contributed by atoms with Crippen LogP contribution in [0, 0.1) is 0 Å². The number of hydrogen-bond donors (Lipinski definition) is 2. The zero-order valence-corrected chi connectivity index (χ0v) is 10.8. The van der Waals surface area contributed by atoms with Gasteiger partial charge in [-0.05, 0) is 44.1 Å². The molecule has 1 rings (SSSR count). The van der Waals surface area contributed by atoms with Crippen LogP contribution in [0.4, 0.5) is 0 Å². The Labute approximate surface area is 103 Å². The minimum atomic E-state index is 0.0446. The van der Waals surface area contributed by atoms with Crippen molar-refractivity contribution in [2.24, 2.45) is 5.73 Å². The van der Waals surface area contributed by atoms with E-state index in [1.54, 1.807) is 14.2 Å². The van der Waals surface area contributed by atoms with Gasteiger partial charge in [-0.25, -0.2) is 0 Å². The molecule has 0 aromatic heterocycles. The molecule has 0 spiro atoms. The normalized spacial score (nSPS) is 12.2. The zero-order chi connectivity index (χ0) is 12.7. The largest absolute Gasteiger partial charge is 0.493 e. The lowest BCUT2D eigenvalue weighted by atomic mass is 10.0. The van der Waals surface area contributed by atoms with E-state index in [-0.39, 0.29) is 6.04 Å². The molecule has 0 fully saturated rings. The predicted molar refractivity (Wildman–Crippen MR) is 69.6 cm³/mol. The van der Waals surface area contributed by atoms with E-state index in [0.29, 0.717) is 0 Å². The molecule has 96 valence electrons. The summed E-state index contributed by atoms with van der Waals surface area (Å²) in [6, 6.07) is 5.88. The second-order valence-corrected chi connectivity index (χ2v) is 3.97. The molecular weight excluding hydrogens is 216 g/mol. The van der Waals surface area contributed by atoms with Crippen molar-refractivity contribution in [1.29, 1.82) is 0 Å². The minimum absolute atomic E-state index is 0.0446. The van der Waals surface area contributed by atoms with Crippen molar-refractivity contribution >= 4 is 0 Å². The van der Waals surface area contributed by atoms with E-state index in [1.807, 2.05) is 25.2 Å². The van der Waals surface area contributed by atoms with Crippen LogP contribution in [0.2, 0.25) is 0 Å². The Morgan fingerprint density at radius 2 is 1.94 bits per heavy atom. The van der Waals surface area contributed by atoms with Crippen molar-refractivity contribution in [3.8, 4) is 11.5 Å². The van der Waals surface area contributed by atoms with Gasteiger partial charge in [0.25, 0.3) is 0 Å². The number of benzene rings is 1. The monoisotopic (exact) mass is 238 g/mol. The van der Waals surface area contributed by atoms with E-state index in [4.69, 9.17) is 15.2 Å². The highest BCUT2D eigenvalue weighted by atomic mass is 16.5. The summed E-state index contributed by atoms with van der Waals surface area (Å²) < 4.78 is 10.5. The van der Waals surface area contributed by atoms with Crippen LogP contribution in [0.15, 0.2) is 18.2 Å². The van der Waals surface area contributed by atoms with Crippen molar-refractivity contribution in [3.63, 3.8) is 0 Å². The van der Waals surface area contributed by atoms with E-state index in [0.717, 1.165) is 36.4 Å². The van der Waals surface area contributed by atoms with Gasteiger partial charge in [0, 0.05) is 6.04 Å². The quantitative estimate of drug-likeness (QED) is 0.710. The van der Waals surface area contributed by atoms with Crippen molar-refractivity contribution < 1.29 is 9.47 Å². The predicted octanol–water partition coefficient (Wildman–Crippen LogP) is 1.70. The van der Waals surface area contributed by atoms with Crippen LogP contribution < -0.4 is 20.5 Å². The van der Waals surface area contributed by atoms with Gasteiger partial charge < -0.3 is 20.5 Å². The highest BCUT2D eigenvalue weighted by Crippen LogP contribution is 2.30. The molecule has 0 aliphatic carbocycles. The maximum absolute atomic E-state index is 6.13. The summed E-state index contributed by atoms with van der Waals surface area (Å²) in [5.74, 6) is 1.47. The van der Waals surface area contributed by atoms with Crippen LogP contribution in [0.25, 0.3) is 0 Å². The number of hydrogen-bond acceptors (Lipinski definition) is 4. The molecule has 0 amide bonds. The molecule has 0 heterocycles. The second kappa shape index (κ2) is 7.14. The molecule has 1 atom stereocenters. The third kappa shape index (κ3) is 3.91. The Morgan fingerprint density at radius 1 is 1.24 bits per heavy atom. The molecule has 0 bridgehead atoms. The number of rotatable bonds is 7. The maximum Gasteiger partial charge on any atom is 0.161 e. The number of nitrogens with two attached hydrogens (primary N) is 1. The van der Waals surface area contributed by atoms with Gasteiger partial charge in [-0.3, -0.25) is 0 Å². The number of ether oxygens (including phenoxy) is 2. The van der Waals surface area contributed by atoms with E-state index < -0.39 is 0 Å². The second-order valence-electron chi connectivity index (χ2n) is 3.97. The zero-order valence-electron chi connectivity index (χ0n) is 10.8. The minimum Gasteiger partial charge on any atom is -0.493 e. The molecule has 17 heavy (non-hydrogen) atoms. The fourth-order valence-corrected chi connectivity index (χ4v) is 1.75. The molecular formula is C13H22N2O2. The lowest BCUT2D eigenvalue weighted by Gasteiger charge is -2.14. The van der Waals surface area contributed by atoms with Crippen molar-refractivity contribution in [2.45, 2.75) is 18.9 Å². The molecule has 4 heteroatoms. The van der Waals surface area contributed by atoms with Gasteiger partial charge >= 0.3 is 0 Å². The first-order chi connectivity index (χ1) is 8.22. The first-order valence-corrected chi connectivity index (χ1v) is 5.85. The molecule has 0 saturated carbocycles. The molecule has 1 aromatic carbocycles. The molecule has 0 saturated heterocycles. The van der Waals surface area contributed by atoms with Crippen LogP contribution in [0.1, 0.15) is 24.4 Å². The van der Waals surface area contributed by atoms with Crippen molar-refractivity contribution in [2.75, 3.05) is 27.8 Å². The van der Waals surface area contributed by atoms with Crippen molar-refractivity contribution in [3.05, 3.63) is 23.8 Å². The molecule has 0 aliphatic rings. The highest BCUT2D eigenvalue weighted by Gasteiger charge is 2.10. The van der Waals surface area contributed by atoms with Crippen molar-refractivity contribution in [1.82, 2.24) is 5.32 Å². The Morgan fingerprint density at radius 3 is 2.53 bits per heavy atom. The summed E-state index contributed by atoms with van der Waals surface area (Å²) >= 11 is 0. The Balaban J connectivity index is 2.70. The van der Waals surface area contributed by atoms with Gasteiger partial charge in [-0.15, -0.1) is 0 Å². The van der Waals surface area contributed by atoms with E-state index in [2.05, 4.69) is 5.32 Å². The van der Waals surface area contributed by atoms with Gasteiger partial charge in [-0.2, -0.15) is 0 Å². The van der Waals surface area contributed by atoms with Crippen LogP contribution in [0.5, 0.6) is 11.5 Å². The summed E-state index contributed by atoms with van der Waals surface area (Å²) in [5.41, 5.74) is 7.21. The molecule has 3 N–H and O–H groups in total. The average molecular weight is 238 g/mol. The highest BCUT2D eigenvalue weighted by molar-refractivity contribution is 5.43. The first kappa shape index (κ1) is 13.8. The van der Waals surface area contributed by atoms with Gasteiger partial charge in [0.15, 0.2) is 11.5 Å². The van der Waals surface area contributed by atoms with Crippen LogP contribution in [0.3, 0.4) is 0 Å². The number of methoxy groups -OCH3 is 2. The summed E-state index contributed by atoms with van der Waals surface area (Å²) in [6.45, 7) is 0.987. The van der Waals surface area contributed by atoms with Gasteiger partial charge in [0.05, 0.1) is 14.2 Å².